The van der Waals surface area contributed by atoms with Crippen molar-refractivity contribution in [3.8, 4) is 79.2 Å². The number of aromatic nitrogens is 7. The summed E-state index contributed by atoms with van der Waals surface area (Å²) in [4.78, 5) is 20.9. The second-order valence-electron chi connectivity index (χ2n) is 32.9. The SMILES string of the molecule is [C-]#[N+]c1ccc(-c2ccc(-n3c4ccccc4c4cc(-n5c6ccccc6c6ccccc65)ccc43)c(-c3cc(-c4nc(-c5cc(C(C)(C)C)cc(C(C)(C)C)c5)nc(-c5cc(C(C)(C)C)cc(C(C)(C)C)c5)n4)ccc3-n3c4ccccc4c4cc(-n5c6ccccc6c6ccccc65)ccc43)c2)cc1. The lowest BCUT2D eigenvalue weighted by Crippen LogP contribution is -2.17. The van der Waals surface area contributed by atoms with Crippen LogP contribution in [0.4, 0.5) is 5.69 Å². The van der Waals surface area contributed by atoms with E-state index in [2.05, 4.69) is 373 Å². The molecular formula is C98H82N8. The van der Waals surface area contributed by atoms with Crippen LogP contribution in [-0.4, -0.2) is 33.2 Å². The third kappa shape index (κ3) is 11.0. The van der Waals surface area contributed by atoms with Crippen LogP contribution in [0.2, 0.25) is 0 Å². The van der Waals surface area contributed by atoms with Crippen molar-refractivity contribution in [2.75, 3.05) is 0 Å². The number of para-hydroxylation sites is 6. The Morgan fingerprint density at radius 3 is 0.868 bits per heavy atom. The van der Waals surface area contributed by atoms with E-state index in [4.69, 9.17) is 21.5 Å². The molecule has 0 unspecified atom stereocenters. The maximum Gasteiger partial charge on any atom is 0.187 e. The van der Waals surface area contributed by atoms with E-state index < -0.39 is 0 Å². The van der Waals surface area contributed by atoms with Gasteiger partial charge in [0, 0.05) is 82.3 Å². The van der Waals surface area contributed by atoms with Crippen LogP contribution < -0.4 is 0 Å². The van der Waals surface area contributed by atoms with Gasteiger partial charge >= 0.3 is 0 Å². The van der Waals surface area contributed by atoms with Crippen LogP contribution in [0.3, 0.4) is 0 Å². The predicted octanol–water partition coefficient (Wildman–Crippen LogP) is 26.3. The molecule has 106 heavy (non-hydrogen) atoms. The minimum Gasteiger partial charge on any atom is -0.309 e. The van der Waals surface area contributed by atoms with Crippen molar-refractivity contribution in [1.29, 1.82) is 0 Å². The van der Waals surface area contributed by atoms with Gasteiger partial charge < -0.3 is 18.3 Å². The lowest BCUT2D eigenvalue weighted by atomic mass is 9.79. The fourth-order valence-corrected chi connectivity index (χ4v) is 16.1. The van der Waals surface area contributed by atoms with Crippen LogP contribution in [0.25, 0.3) is 171 Å². The van der Waals surface area contributed by atoms with Crippen molar-refractivity contribution in [2.24, 2.45) is 0 Å². The van der Waals surface area contributed by atoms with E-state index in [0.717, 1.165) is 127 Å². The van der Waals surface area contributed by atoms with Gasteiger partial charge in [-0.3, -0.25) is 0 Å². The van der Waals surface area contributed by atoms with Gasteiger partial charge in [-0.05, 0) is 182 Å². The number of hydrogen-bond donors (Lipinski definition) is 0. The van der Waals surface area contributed by atoms with Gasteiger partial charge in [0.2, 0.25) is 0 Å². The van der Waals surface area contributed by atoms with E-state index in [9.17, 15) is 0 Å². The van der Waals surface area contributed by atoms with E-state index >= 15 is 0 Å². The molecule has 5 heterocycles. The number of nitrogens with zero attached hydrogens (tertiary/aromatic N) is 8. The van der Waals surface area contributed by atoms with Crippen LogP contribution in [0.15, 0.2) is 279 Å². The lowest BCUT2D eigenvalue weighted by Gasteiger charge is -2.26. The molecule has 0 atom stereocenters. The van der Waals surface area contributed by atoms with Gasteiger partial charge in [-0.25, -0.2) is 19.8 Å². The average Bonchev–Trinajstić information content (AvgIpc) is 1.71. The number of rotatable bonds is 9. The average molecular weight is 1370 g/mol. The molecule has 0 aliphatic heterocycles. The van der Waals surface area contributed by atoms with Gasteiger partial charge in [-0.15, -0.1) is 0 Å². The zero-order valence-electron chi connectivity index (χ0n) is 62.1. The van der Waals surface area contributed by atoms with Crippen molar-refractivity contribution < 1.29 is 0 Å². The fraction of sp³-hybridized carbons (Fsp3) is 0.163. The third-order valence-electron chi connectivity index (χ3n) is 21.8. The van der Waals surface area contributed by atoms with E-state index in [1.54, 1.807) is 0 Å². The summed E-state index contributed by atoms with van der Waals surface area (Å²) in [6.07, 6.45) is 0. The van der Waals surface area contributed by atoms with Gasteiger partial charge in [-0.2, -0.15) is 0 Å². The molecule has 18 rings (SSSR count). The Morgan fingerprint density at radius 2 is 0.528 bits per heavy atom. The highest BCUT2D eigenvalue weighted by Crippen LogP contribution is 2.47. The first-order valence-electron chi connectivity index (χ1n) is 36.9. The first kappa shape index (κ1) is 65.6. The maximum absolute atomic E-state index is 8.00. The van der Waals surface area contributed by atoms with Crippen LogP contribution >= 0.6 is 0 Å². The molecule has 0 radical (unpaired) electrons. The highest BCUT2D eigenvalue weighted by molar-refractivity contribution is 6.15. The largest absolute Gasteiger partial charge is 0.309 e. The van der Waals surface area contributed by atoms with Crippen LogP contribution in [0, 0.1) is 6.57 Å². The molecule has 8 heteroatoms. The van der Waals surface area contributed by atoms with Crippen LogP contribution in [0.1, 0.15) is 105 Å². The molecular weight excluding hydrogens is 1290 g/mol. The first-order chi connectivity index (χ1) is 51.0. The molecule has 0 aliphatic carbocycles. The predicted molar refractivity (Wildman–Crippen MR) is 445 cm³/mol. The molecule has 0 aliphatic rings. The summed E-state index contributed by atoms with van der Waals surface area (Å²) in [5, 5.41) is 9.42. The summed E-state index contributed by atoms with van der Waals surface area (Å²) in [6, 6.07) is 102. The van der Waals surface area contributed by atoms with Crippen molar-refractivity contribution in [2.45, 2.75) is 105 Å². The van der Waals surface area contributed by atoms with E-state index in [1.165, 1.54) is 43.8 Å². The lowest BCUT2D eigenvalue weighted by molar-refractivity contribution is 0.568. The third-order valence-corrected chi connectivity index (χ3v) is 21.8. The summed E-state index contributed by atoms with van der Waals surface area (Å²) in [5.74, 6) is 1.78. The molecule has 13 aromatic carbocycles. The molecule has 0 N–H and O–H groups in total. The molecule has 0 saturated carbocycles. The smallest absolute Gasteiger partial charge is 0.187 e. The summed E-state index contributed by atoms with van der Waals surface area (Å²) in [7, 11) is 0. The fourth-order valence-electron chi connectivity index (χ4n) is 16.1. The van der Waals surface area contributed by atoms with Crippen molar-refractivity contribution in [3.05, 3.63) is 313 Å². The second-order valence-corrected chi connectivity index (χ2v) is 32.9. The molecule has 0 saturated heterocycles. The highest BCUT2D eigenvalue weighted by Gasteiger charge is 2.29. The Hall–Kier alpha value is -12.4. The quantitative estimate of drug-likeness (QED) is 0.135. The van der Waals surface area contributed by atoms with Crippen LogP contribution in [0.5, 0.6) is 0 Å². The molecule has 5 aromatic heterocycles. The van der Waals surface area contributed by atoms with E-state index in [0.29, 0.717) is 23.2 Å². The summed E-state index contributed by atoms with van der Waals surface area (Å²) in [5.41, 5.74) is 24.5. The Kier molecular flexibility index (Phi) is 15.1. The van der Waals surface area contributed by atoms with Gasteiger partial charge in [0.15, 0.2) is 23.2 Å². The molecule has 0 bridgehead atoms. The van der Waals surface area contributed by atoms with Gasteiger partial charge in [0.05, 0.1) is 62.1 Å². The van der Waals surface area contributed by atoms with Gasteiger partial charge in [0.1, 0.15) is 0 Å². The minimum atomic E-state index is -0.169. The maximum atomic E-state index is 8.00. The van der Waals surface area contributed by atoms with E-state index in [1.807, 2.05) is 12.1 Å². The second kappa shape index (κ2) is 24.3. The number of hydrogen-bond acceptors (Lipinski definition) is 3. The summed E-state index contributed by atoms with van der Waals surface area (Å²) in [6.45, 7) is 35.4. The molecule has 514 valence electrons. The molecule has 8 nitrogen and oxygen atoms in total. The standard InChI is InChI=1S/C98H82N8/c1-95(2,3)65-50-63(51-66(56-65)96(4,5)6)93-100-92(101-94(102-93)64-52-67(97(7,8)9)57-68(53-64)98(10,11)12)62-41-47-89(106-87-37-25-19-31-77(87)81-59-71(45-49-91(81)106)104-84-34-22-16-28-74(84)75-29-17-23-35-85(75)104)79(55-62)78-54-61(60-38-42-69(99-13)43-39-60)40-46-88(78)105-86-36-24-18-30-76(86)80-58-70(44-48-90(80)105)103-82-32-20-14-26-72(82)73-27-15-21-33-83(73)103/h14-59H,1-12H3. The molecule has 18 aromatic rings. The summed E-state index contributed by atoms with van der Waals surface area (Å²) >= 11 is 0. The van der Waals surface area contributed by atoms with Crippen molar-refractivity contribution >= 4 is 92.9 Å². The minimum absolute atomic E-state index is 0.169. The summed E-state index contributed by atoms with van der Waals surface area (Å²) < 4.78 is 9.79. The van der Waals surface area contributed by atoms with Gasteiger partial charge in [-0.1, -0.05) is 235 Å². The normalized spacial score (nSPS) is 12.5. The zero-order chi connectivity index (χ0) is 72.9. The van der Waals surface area contributed by atoms with Crippen molar-refractivity contribution in [1.82, 2.24) is 33.2 Å². The number of fused-ring (bicyclic) bond motifs is 12. The molecule has 0 amide bonds. The highest BCUT2D eigenvalue weighted by atomic mass is 15.0. The molecule has 0 spiro atoms. The zero-order valence-corrected chi connectivity index (χ0v) is 62.1. The van der Waals surface area contributed by atoms with Gasteiger partial charge in [0.25, 0.3) is 0 Å². The Bertz CT molecular complexity index is 6420. The van der Waals surface area contributed by atoms with E-state index in [-0.39, 0.29) is 21.7 Å². The van der Waals surface area contributed by atoms with Crippen LogP contribution in [-0.2, 0) is 21.7 Å². The number of benzene rings is 13. The Morgan fingerprint density at radius 1 is 0.245 bits per heavy atom. The monoisotopic (exact) mass is 1370 g/mol. The Labute approximate surface area is 619 Å². The first-order valence-corrected chi connectivity index (χ1v) is 36.9. The Balaban J connectivity index is 0.948. The topological polar surface area (TPSA) is 62.8 Å². The van der Waals surface area contributed by atoms with Crippen molar-refractivity contribution in [3.63, 3.8) is 0 Å². The molecule has 0 fully saturated rings.